The molecule has 0 aliphatic carbocycles. The molecule has 100 valence electrons. The maximum absolute atomic E-state index is 12.7. The van der Waals surface area contributed by atoms with Crippen LogP contribution in [0.3, 0.4) is 0 Å². The summed E-state index contributed by atoms with van der Waals surface area (Å²) in [5.41, 5.74) is 0. The highest BCUT2D eigenvalue weighted by molar-refractivity contribution is 5.29. The predicted molar refractivity (Wildman–Crippen MR) is 70.1 cm³/mol. The Morgan fingerprint density at radius 2 is 1.94 bits per heavy atom. The van der Waals surface area contributed by atoms with Gasteiger partial charge in [0.05, 0.1) is 12.4 Å². The monoisotopic (exact) mass is 252 g/mol. The van der Waals surface area contributed by atoms with Gasteiger partial charge in [0.2, 0.25) is 5.95 Å². The molecule has 0 aromatic carbocycles. The maximum atomic E-state index is 12.7. The first-order chi connectivity index (χ1) is 8.65. The molecular weight excluding hydrogens is 231 g/mol. The number of hydrogen-bond donors (Lipinski definition) is 1. The first kappa shape index (κ1) is 13.2. The van der Waals surface area contributed by atoms with Crippen molar-refractivity contribution in [2.24, 2.45) is 5.92 Å². The average molecular weight is 252 g/mol. The first-order valence-electron chi connectivity index (χ1n) is 6.61. The minimum Gasteiger partial charge on any atom is -0.341 e. The lowest BCUT2D eigenvalue weighted by atomic mass is 9.97. The molecule has 0 unspecified atom stereocenters. The van der Waals surface area contributed by atoms with Gasteiger partial charge in [0.1, 0.15) is 0 Å². The fourth-order valence-corrected chi connectivity index (χ4v) is 2.21. The van der Waals surface area contributed by atoms with Crippen molar-refractivity contribution in [3.05, 3.63) is 18.2 Å². The van der Waals surface area contributed by atoms with Crippen molar-refractivity contribution in [2.45, 2.75) is 32.7 Å². The molecule has 0 atom stereocenters. The van der Waals surface area contributed by atoms with Crippen LogP contribution in [-0.4, -0.2) is 35.6 Å². The Morgan fingerprint density at radius 3 is 2.50 bits per heavy atom. The van der Waals surface area contributed by atoms with Crippen molar-refractivity contribution in [1.29, 1.82) is 0 Å². The quantitative estimate of drug-likeness (QED) is 0.887. The van der Waals surface area contributed by atoms with E-state index in [4.69, 9.17) is 0 Å². The molecule has 5 heteroatoms. The van der Waals surface area contributed by atoms with Gasteiger partial charge < -0.3 is 10.2 Å². The van der Waals surface area contributed by atoms with E-state index in [9.17, 15) is 4.39 Å². The summed E-state index contributed by atoms with van der Waals surface area (Å²) in [5.74, 6) is 0.991. The second-order valence-electron chi connectivity index (χ2n) is 5.19. The smallest absolute Gasteiger partial charge is 0.225 e. The fraction of sp³-hybridized carbons (Fsp3) is 0.692. The van der Waals surface area contributed by atoms with Crippen LogP contribution in [-0.2, 0) is 0 Å². The predicted octanol–water partition coefficient (Wildman–Crippen LogP) is 1.83. The number of halogens is 1. The van der Waals surface area contributed by atoms with Crippen LogP contribution in [0.15, 0.2) is 12.4 Å². The molecule has 18 heavy (non-hydrogen) atoms. The summed E-state index contributed by atoms with van der Waals surface area (Å²) in [5, 5.41) is 3.48. The second kappa shape index (κ2) is 6.09. The molecule has 2 rings (SSSR count). The van der Waals surface area contributed by atoms with Crippen LogP contribution < -0.4 is 10.2 Å². The van der Waals surface area contributed by atoms with Crippen LogP contribution in [0, 0.1) is 11.7 Å². The molecule has 1 aliphatic heterocycles. The van der Waals surface area contributed by atoms with Gasteiger partial charge in [-0.05, 0) is 25.3 Å². The number of rotatable bonds is 4. The van der Waals surface area contributed by atoms with Gasteiger partial charge in [0, 0.05) is 19.1 Å². The molecule has 0 saturated carbocycles. The van der Waals surface area contributed by atoms with Crippen molar-refractivity contribution in [2.75, 3.05) is 24.5 Å². The molecule has 1 aromatic rings. The summed E-state index contributed by atoms with van der Waals surface area (Å²) < 4.78 is 12.7. The lowest BCUT2D eigenvalue weighted by Crippen LogP contribution is -2.39. The molecule has 2 heterocycles. The van der Waals surface area contributed by atoms with E-state index in [-0.39, 0.29) is 5.82 Å². The first-order valence-corrected chi connectivity index (χ1v) is 6.61. The Kier molecular flexibility index (Phi) is 4.47. The number of hydrogen-bond acceptors (Lipinski definition) is 4. The third kappa shape index (κ3) is 3.63. The van der Waals surface area contributed by atoms with E-state index in [1.807, 2.05) is 0 Å². The Hall–Kier alpha value is -1.23. The normalized spacial score (nSPS) is 17.4. The third-order valence-corrected chi connectivity index (χ3v) is 3.32. The number of nitrogens with zero attached hydrogens (tertiary/aromatic N) is 3. The van der Waals surface area contributed by atoms with Crippen molar-refractivity contribution in [3.8, 4) is 0 Å². The van der Waals surface area contributed by atoms with Gasteiger partial charge in [0.15, 0.2) is 5.82 Å². The Bertz CT molecular complexity index is 358. The van der Waals surface area contributed by atoms with Crippen LogP contribution >= 0.6 is 0 Å². The highest BCUT2D eigenvalue weighted by Crippen LogP contribution is 2.19. The summed E-state index contributed by atoms with van der Waals surface area (Å²) >= 11 is 0. The van der Waals surface area contributed by atoms with E-state index in [0.717, 1.165) is 38.4 Å². The van der Waals surface area contributed by atoms with Gasteiger partial charge in [-0.15, -0.1) is 0 Å². The number of anilines is 1. The molecule has 1 aliphatic rings. The van der Waals surface area contributed by atoms with E-state index in [1.54, 1.807) is 0 Å². The molecule has 0 amide bonds. The highest BCUT2D eigenvalue weighted by atomic mass is 19.1. The summed E-state index contributed by atoms with van der Waals surface area (Å²) in [7, 11) is 0. The molecule has 0 radical (unpaired) electrons. The zero-order valence-electron chi connectivity index (χ0n) is 11.1. The molecule has 1 aromatic heterocycles. The summed E-state index contributed by atoms with van der Waals surface area (Å²) in [4.78, 5) is 10.2. The molecular formula is C13H21FN4. The zero-order valence-corrected chi connectivity index (χ0v) is 11.1. The number of aromatic nitrogens is 2. The van der Waals surface area contributed by atoms with Crippen LogP contribution in [0.2, 0.25) is 0 Å². The van der Waals surface area contributed by atoms with Crippen LogP contribution in [0.5, 0.6) is 0 Å². The molecule has 1 fully saturated rings. The lowest BCUT2D eigenvalue weighted by Gasteiger charge is -2.32. The van der Waals surface area contributed by atoms with E-state index < -0.39 is 0 Å². The Labute approximate surface area is 108 Å². The van der Waals surface area contributed by atoms with Crippen LogP contribution in [0.25, 0.3) is 0 Å². The fourth-order valence-electron chi connectivity index (χ4n) is 2.21. The minimum atomic E-state index is -0.380. The standard InChI is InChI=1S/C13H21FN4/c1-10(2)15-7-11-3-5-18(6-4-11)13-16-8-12(14)9-17-13/h8-11,15H,3-7H2,1-2H3. The second-order valence-corrected chi connectivity index (χ2v) is 5.19. The van der Waals surface area contributed by atoms with Gasteiger partial charge >= 0.3 is 0 Å². The summed E-state index contributed by atoms with van der Waals surface area (Å²) in [6.07, 6.45) is 4.74. The summed E-state index contributed by atoms with van der Waals surface area (Å²) in [6, 6.07) is 0.545. The van der Waals surface area contributed by atoms with E-state index in [0.29, 0.717) is 12.0 Å². The minimum absolute atomic E-state index is 0.380. The third-order valence-electron chi connectivity index (χ3n) is 3.32. The van der Waals surface area contributed by atoms with E-state index in [2.05, 4.69) is 34.0 Å². The zero-order chi connectivity index (χ0) is 13.0. The van der Waals surface area contributed by atoms with Crippen molar-refractivity contribution in [3.63, 3.8) is 0 Å². The van der Waals surface area contributed by atoms with Crippen molar-refractivity contribution in [1.82, 2.24) is 15.3 Å². The highest BCUT2D eigenvalue weighted by Gasteiger charge is 2.20. The van der Waals surface area contributed by atoms with Gasteiger partial charge in [-0.3, -0.25) is 0 Å². The van der Waals surface area contributed by atoms with Gasteiger partial charge in [-0.25, -0.2) is 14.4 Å². The van der Waals surface area contributed by atoms with Gasteiger partial charge in [-0.1, -0.05) is 13.8 Å². The van der Waals surface area contributed by atoms with Crippen LogP contribution in [0.1, 0.15) is 26.7 Å². The van der Waals surface area contributed by atoms with E-state index >= 15 is 0 Å². The van der Waals surface area contributed by atoms with E-state index in [1.165, 1.54) is 12.4 Å². The lowest BCUT2D eigenvalue weighted by molar-refractivity contribution is 0.368. The molecule has 0 bridgehead atoms. The molecule has 1 N–H and O–H groups in total. The number of nitrogens with one attached hydrogen (secondary N) is 1. The van der Waals surface area contributed by atoms with Crippen molar-refractivity contribution < 1.29 is 4.39 Å². The topological polar surface area (TPSA) is 41.0 Å². The average Bonchev–Trinajstić information content (AvgIpc) is 2.38. The van der Waals surface area contributed by atoms with Crippen LogP contribution in [0.4, 0.5) is 10.3 Å². The molecule has 1 saturated heterocycles. The van der Waals surface area contributed by atoms with Gasteiger partial charge in [0.25, 0.3) is 0 Å². The molecule has 0 spiro atoms. The molecule has 4 nitrogen and oxygen atoms in total. The summed E-state index contributed by atoms with van der Waals surface area (Å²) in [6.45, 7) is 7.32. The maximum Gasteiger partial charge on any atom is 0.225 e. The van der Waals surface area contributed by atoms with Crippen molar-refractivity contribution >= 4 is 5.95 Å². The van der Waals surface area contributed by atoms with Gasteiger partial charge in [-0.2, -0.15) is 0 Å². The largest absolute Gasteiger partial charge is 0.341 e. The Morgan fingerprint density at radius 1 is 1.33 bits per heavy atom. The SMILES string of the molecule is CC(C)NCC1CCN(c2ncc(F)cn2)CC1. The number of piperidine rings is 1. The Balaban J connectivity index is 1.81.